The van der Waals surface area contributed by atoms with Crippen LogP contribution >= 0.6 is 11.6 Å². The lowest BCUT2D eigenvalue weighted by molar-refractivity contribution is 0.0373. The second kappa shape index (κ2) is 10.5. The van der Waals surface area contributed by atoms with Crippen LogP contribution < -0.4 is 4.74 Å². The van der Waals surface area contributed by atoms with Crippen LogP contribution in [0.3, 0.4) is 0 Å². The molecule has 1 aliphatic heterocycles. The fourth-order valence-corrected chi connectivity index (χ4v) is 3.48. The second-order valence-corrected chi connectivity index (χ2v) is 7.31. The van der Waals surface area contributed by atoms with E-state index < -0.39 is 0 Å². The van der Waals surface area contributed by atoms with Crippen molar-refractivity contribution in [2.75, 3.05) is 39.5 Å². The van der Waals surface area contributed by atoms with Crippen molar-refractivity contribution in [3.05, 3.63) is 64.7 Å². The lowest BCUT2D eigenvalue weighted by atomic mass is 9.89. The van der Waals surface area contributed by atoms with Gasteiger partial charge in [-0.3, -0.25) is 4.90 Å². The van der Waals surface area contributed by atoms with E-state index in [0.29, 0.717) is 17.3 Å². The summed E-state index contributed by atoms with van der Waals surface area (Å²) in [5.74, 6) is 0.738. The van der Waals surface area contributed by atoms with Crippen LogP contribution in [0.4, 0.5) is 0 Å². The molecule has 0 saturated carbocycles. The Labute approximate surface area is 171 Å². The Bertz CT molecular complexity index is 756. The van der Waals surface area contributed by atoms with E-state index in [0.717, 1.165) is 56.1 Å². The van der Waals surface area contributed by atoms with Gasteiger partial charge in [0.2, 0.25) is 0 Å². The van der Waals surface area contributed by atoms with Gasteiger partial charge >= 0.3 is 0 Å². The Hall–Kier alpha value is -2.08. The predicted octanol–water partition coefficient (Wildman–Crippen LogP) is 4.42. The maximum atomic E-state index is 9.89. The molecule has 0 spiro atoms. The number of rotatable bonds is 8. The van der Waals surface area contributed by atoms with E-state index in [1.165, 1.54) is 0 Å². The predicted molar refractivity (Wildman–Crippen MR) is 112 cm³/mol. The summed E-state index contributed by atoms with van der Waals surface area (Å²) in [6.45, 7) is 6.69. The Balaban J connectivity index is 1.86. The monoisotopic (exact) mass is 402 g/mol. The molecule has 0 bridgehead atoms. The van der Waals surface area contributed by atoms with E-state index in [9.17, 15) is 5.21 Å². The summed E-state index contributed by atoms with van der Waals surface area (Å²) in [5, 5.41) is 14.3. The highest BCUT2D eigenvalue weighted by Gasteiger charge is 2.25. The van der Waals surface area contributed by atoms with Crippen molar-refractivity contribution in [3.8, 4) is 5.75 Å². The normalized spacial score (nSPS) is 16.7. The third-order valence-corrected chi connectivity index (χ3v) is 5.13. The summed E-state index contributed by atoms with van der Waals surface area (Å²) in [7, 11) is 0. The van der Waals surface area contributed by atoms with E-state index >= 15 is 0 Å². The number of hydrogen-bond acceptors (Lipinski definition) is 5. The molecule has 3 rings (SSSR count). The first-order valence-electron chi connectivity index (χ1n) is 9.72. The topological polar surface area (TPSA) is 54.3 Å². The van der Waals surface area contributed by atoms with Crippen LogP contribution in [0.15, 0.2) is 53.7 Å². The van der Waals surface area contributed by atoms with E-state index in [-0.39, 0.29) is 5.92 Å². The Morgan fingerprint density at radius 1 is 1.14 bits per heavy atom. The lowest BCUT2D eigenvalue weighted by Gasteiger charge is -2.31. The third-order valence-electron chi connectivity index (χ3n) is 4.88. The fraction of sp³-hybridized carbons (Fsp3) is 0.409. The molecule has 0 aliphatic carbocycles. The van der Waals surface area contributed by atoms with Gasteiger partial charge in [-0.1, -0.05) is 35.8 Å². The molecule has 2 aromatic rings. The van der Waals surface area contributed by atoms with E-state index in [1.807, 2.05) is 48.5 Å². The van der Waals surface area contributed by atoms with Crippen molar-refractivity contribution < 1.29 is 14.7 Å². The molecule has 0 radical (unpaired) electrons. The fourth-order valence-electron chi connectivity index (χ4n) is 3.36. The minimum absolute atomic E-state index is 0.0808. The molecule has 6 heteroatoms. The van der Waals surface area contributed by atoms with Gasteiger partial charge < -0.3 is 14.7 Å². The molecule has 1 saturated heterocycles. The first-order chi connectivity index (χ1) is 13.7. The Morgan fingerprint density at radius 2 is 1.82 bits per heavy atom. The van der Waals surface area contributed by atoms with E-state index in [1.54, 1.807) is 0 Å². The van der Waals surface area contributed by atoms with Crippen LogP contribution in [0, 0.1) is 0 Å². The molecule has 0 aromatic heterocycles. The van der Waals surface area contributed by atoms with Gasteiger partial charge in [0, 0.05) is 36.1 Å². The molecule has 1 heterocycles. The van der Waals surface area contributed by atoms with Gasteiger partial charge in [-0.25, -0.2) is 0 Å². The number of nitrogens with zero attached hydrogens (tertiary/aromatic N) is 2. The molecule has 1 fully saturated rings. The first-order valence-corrected chi connectivity index (χ1v) is 10.1. The molecule has 0 amide bonds. The standard InChI is InChI=1S/C22H27ClN2O3/c1-2-13-28-20-9-5-18(6-10-20)22(24-26)21(16-25-11-14-27-15-12-25)17-3-7-19(23)8-4-17/h3-10,21,26H,2,11-16H2,1H3. The number of benzene rings is 2. The highest BCUT2D eigenvalue weighted by Crippen LogP contribution is 2.26. The van der Waals surface area contributed by atoms with Gasteiger partial charge in [0.15, 0.2) is 0 Å². The largest absolute Gasteiger partial charge is 0.494 e. The van der Waals surface area contributed by atoms with Gasteiger partial charge in [0.05, 0.1) is 25.5 Å². The van der Waals surface area contributed by atoms with Crippen molar-refractivity contribution in [3.63, 3.8) is 0 Å². The van der Waals surface area contributed by atoms with Crippen molar-refractivity contribution in [2.45, 2.75) is 19.3 Å². The summed E-state index contributed by atoms with van der Waals surface area (Å²) < 4.78 is 11.1. The molecular weight excluding hydrogens is 376 g/mol. The quantitative estimate of drug-likeness (QED) is 0.403. The zero-order chi connectivity index (χ0) is 19.8. The summed E-state index contributed by atoms with van der Waals surface area (Å²) in [6.07, 6.45) is 0.962. The van der Waals surface area contributed by atoms with Crippen LogP contribution in [0.5, 0.6) is 5.75 Å². The lowest BCUT2D eigenvalue weighted by Crippen LogP contribution is -2.40. The number of oxime groups is 1. The maximum absolute atomic E-state index is 9.89. The Morgan fingerprint density at radius 3 is 2.43 bits per heavy atom. The van der Waals surface area contributed by atoms with Gasteiger partial charge in [-0.2, -0.15) is 0 Å². The van der Waals surface area contributed by atoms with E-state index in [2.05, 4.69) is 17.0 Å². The minimum atomic E-state index is -0.0808. The summed E-state index contributed by atoms with van der Waals surface area (Å²) in [4.78, 5) is 2.34. The summed E-state index contributed by atoms with van der Waals surface area (Å²) in [6, 6.07) is 15.5. The van der Waals surface area contributed by atoms with Crippen molar-refractivity contribution in [1.82, 2.24) is 4.90 Å². The highest BCUT2D eigenvalue weighted by molar-refractivity contribution is 6.30. The SMILES string of the molecule is CCCOc1ccc(C(=NO)C(CN2CCOCC2)c2ccc(Cl)cc2)cc1. The second-order valence-electron chi connectivity index (χ2n) is 6.88. The van der Waals surface area contributed by atoms with Crippen molar-refractivity contribution in [2.24, 2.45) is 5.16 Å². The van der Waals surface area contributed by atoms with Gasteiger partial charge in [-0.15, -0.1) is 0 Å². The van der Waals surface area contributed by atoms with Crippen molar-refractivity contribution in [1.29, 1.82) is 0 Å². The molecule has 1 atom stereocenters. The molecule has 1 aliphatic rings. The number of hydrogen-bond donors (Lipinski definition) is 1. The van der Waals surface area contributed by atoms with Crippen LogP contribution in [-0.4, -0.2) is 55.3 Å². The van der Waals surface area contributed by atoms with Crippen LogP contribution in [0.2, 0.25) is 5.02 Å². The summed E-state index contributed by atoms with van der Waals surface area (Å²) >= 11 is 6.08. The Kier molecular flexibility index (Phi) is 7.71. The average Bonchev–Trinajstić information content (AvgIpc) is 2.74. The zero-order valence-corrected chi connectivity index (χ0v) is 16.9. The molecule has 1 N–H and O–H groups in total. The van der Waals surface area contributed by atoms with Gasteiger partial charge in [-0.05, 0) is 48.4 Å². The smallest absolute Gasteiger partial charge is 0.119 e. The number of halogens is 1. The molecule has 2 aromatic carbocycles. The van der Waals surface area contributed by atoms with Crippen LogP contribution in [-0.2, 0) is 4.74 Å². The number of morpholine rings is 1. The zero-order valence-electron chi connectivity index (χ0n) is 16.2. The summed E-state index contributed by atoms with van der Waals surface area (Å²) in [5.41, 5.74) is 2.57. The third kappa shape index (κ3) is 5.47. The molecule has 150 valence electrons. The molecular formula is C22H27ClN2O3. The average molecular weight is 403 g/mol. The van der Waals surface area contributed by atoms with Crippen molar-refractivity contribution >= 4 is 17.3 Å². The minimum Gasteiger partial charge on any atom is -0.494 e. The van der Waals surface area contributed by atoms with Crippen LogP contribution in [0.1, 0.15) is 30.4 Å². The molecule has 1 unspecified atom stereocenters. The van der Waals surface area contributed by atoms with Crippen LogP contribution in [0.25, 0.3) is 0 Å². The van der Waals surface area contributed by atoms with E-state index in [4.69, 9.17) is 21.1 Å². The molecule has 5 nitrogen and oxygen atoms in total. The maximum Gasteiger partial charge on any atom is 0.119 e. The van der Waals surface area contributed by atoms with Gasteiger partial charge in [0.25, 0.3) is 0 Å². The first kappa shape index (κ1) is 20.6. The van der Waals surface area contributed by atoms with Gasteiger partial charge in [0.1, 0.15) is 5.75 Å². The number of ether oxygens (including phenoxy) is 2. The molecule has 28 heavy (non-hydrogen) atoms. The highest BCUT2D eigenvalue weighted by atomic mass is 35.5.